The van der Waals surface area contributed by atoms with Gasteiger partial charge in [-0.2, -0.15) is 0 Å². The molecule has 9 heteroatoms. The standard InChI is InChI=1S/C20H24N4O3S2/c1-4-5-9-24-19(26)15(29-20(24)28)12-14-16(21-8-11-27-3)22-17-13(2)7-6-10-23(17)18(14)25/h6-7,10,12,21H,4-5,8-9,11H2,1-3H3/b15-12-. The highest BCUT2D eigenvalue weighted by atomic mass is 32.2. The van der Waals surface area contributed by atoms with Gasteiger partial charge in [-0.1, -0.05) is 43.4 Å². The minimum Gasteiger partial charge on any atom is -0.383 e. The first-order valence-corrected chi connectivity index (χ1v) is 10.7. The van der Waals surface area contributed by atoms with Crippen molar-refractivity contribution in [2.45, 2.75) is 26.7 Å². The van der Waals surface area contributed by atoms with Crippen LogP contribution in [0.2, 0.25) is 0 Å². The van der Waals surface area contributed by atoms with Crippen molar-refractivity contribution in [1.82, 2.24) is 14.3 Å². The van der Waals surface area contributed by atoms with E-state index in [0.29, 0.717) is 46.0 Å². The van der Waals surface area contributed by atoms with E-state index in [9.17, 15) is 9.59 Å². The number of aromatic nitrogens is 2. The Balaban J connectivity index is 2.07. The van der Waals surface area contributed by atoms with Gasteiger partial charge in [-0.15, -0.1) is 0 Å². The van der Waals surface area contributed by atoms with Crippen molar-refractivity contribution in [1.29, 1.82) is 0 Å². The molecule has 0 spiro atoms. The van der Waals surface area contributed by atoms with Crippen LogP contribution in [0.4, 0.5) is 5.82 Å². The van der Waals surface area contributed by atoms with Crippen molar-refractivity contribution in [3.63, 3.8) is 0 Å². The molecule has 2 aromatic rings. The van der Waals surface area contributed by atoms with Gasteiger partial charge in [-0.05, 0) is 31.1 Å². The molecule has 0 aliphatic carbocycles. The monoisotopic (exact) mass is 432 g/mol. The second-order valence-corrected chi connectivity index (χ2v) is 8.35. The Morgan fingerprint density at radius 1 is 1.38 bits per heavy atom. The van der Waals surface area contributed by atoms with Crippen molar-refractivity contribution < 1.29 is 9.53 Å². The summed E-state index contributed by atoms with van der Waals surface area (Å²) in [7, 11) is 1.61. The average Bonchev–Trinajstić information content (AvgIpc) is 2.97. The lowest BCUT2D eigenvalue weighted by atomic mass is 10.2. The zero-order valence-electron chi connectivity index (χ0n) is 16.7. The van der Waals surface area contributed by atoms with E-state index >= 15 is 0 Å². The number of hydrogen-bond acceptors (Lipinski definition) is 7. The molecule has 0 unspecified atom stereocenters. The van der Waals surface area contributed by atoms with Gasteiger partial charge >= 0.3 is 0 Å². The number of fused-ring (bicyclic) bond motifs is 1. The number of aryl methyl sites for hydroxylation is 1. The summed E-state index contributed by atoms with van der Waals surface area (Å²) in [6.45, 7) is 5.51. The van der Waals surface area contributed by atoms with Gasteiger partial charge in [0.15, 0.2) is 0 Å². The number of nitrogens with one attached hydrogen (secondary N) is 1. The molecule has 1 saturated heterocycles. The number of carbonyl (C=O) groups excluding carboxylic acids is 1. The first-order chi connectivity index (χ1) is 14.0. The SMILES string of the molecule is CCCCN1C(=O)/C(=C/c2c(NCCOC)nc3c(C)cccn3c2=O)SC1=S. The summed E-state index contributed by atoms with van der Waals surface area (Å²) in [5, 5.41) is 3.16. The molecule has 0 bridgehead atoms. The molecule has 1 N–H and O–H groups in total. The number of rotatable bonds is 8. The average molecular weight is 433 g/mol. The van der Waals surface area contributed by atoms with Gasteiger partial charge in [0.2, 0.25) is 0 Å². The van der Waals surface area contributed by atoms with Crippen molar-refractivity contribution >= 4 is 51.7 Å². The predicted molar refractivity (Wildman–Crippen MR) is 121 cm³/mol. The van der Waals surface area contributed by atoms with Gasteiger partial charge in [0.25, 0.3) is 11.5 Å². The van der Waals surface area contributed by atoms with Crippen molar-refractivity contribution in [3.8, 4) is 0 Å². The number of hydrogen-bond donors (Lipinski definition) is 1. The quantitative estimate of drug-likeness (QED) is 0.390. The number of pyridine rings is 1. The molecule has 1 aliphatic rings. The van der Waals surface area contributed by atoms with E-state index in [2.05, 4.69) is 17.2 Å². The second-order valence-electron chi connectivity index (χ2n) is 6.67. The highest BCUT2D eigenvalue weighted by Gasteiger charge is 2.32. The maximum Gasteiger partial charge on any atom is 0.267 e. The molecule has 0 saturated carbocycles. The van der Waals surface area contributed by atoms with Crippen LogP contribution in [0.3, 0.4) is 0 Å². The van der Waals surface area contributed by atoms with E-state index in [4.69, 9.17) is 17.0 Å². The third-order valence-electron chi connectivity index (χ3n) is 4.57. The molecule has 3 rings (SSSR count). The summed E-state index contributed by atoms with van der Waals surface area (Å²) >= 11 is 6.59. The van der Waals surface area contributed by atoms with Gasteiger partial charge in [0.05, 0.1) is 17.1 Å². The van der Waals surface area contributed by atoms with E-state index < -0.39 is 0 Å². The molecular weight excluding hydrogens is 408 g/mol. The minimum atomic E-state index is -0.238. The van der Waals surface area contributed by atoms with Gasteiger partial charge in [0, 0.05) is 26.4 Å². The number of carbonyl (C=O) groups is 1. The highest BCUT2D eigenvalue weighted by molar-refractivity contribution is 8.26. The molecule has 0 atom stereocenters. The molecule has 7 nitrogen and oxygen atoms in total. The van der Waals surface area contributed by atoms with E-state index in [1.165, 1.54) is 16.2 Å². The van der Waals surface area contributed by atoms with E-state index in [1.54, 1.807) is 30.3 Å². The maximum absolute atomic E-state index is 13.2. The van der Waals surface area contributed by atoms with Gasteiger partial charge < -0.3 is 10.1 Å². The molecular formula is C20H24N4O3S2. The fourth-order valence-electron chi connectivity index (χ4n) is 2.99. The number of thioether (sulfide) groups is 1. The Morgan fingerprint density at radius 3 is 2.90 bits per heavy atom. The molecule has 1 amide bonds. The molecule has 2 aromatic heterocycles. The van der Waals surface area contributed by atoms with Crippen LogP contribution in [-0.2, 0) is 9.53 Å². The summed E-state index contributed by atoms with van der Waals surface area (Å²) in [6, 6.07) is 3.71. The van der Waals surface area contributed by atoms with Crippen LogP contribution in [0.5, 0.6) is 0 Å². The van der Waals surface area contributed by atoms with Gasteiger partial charge in [0.1, 0.15) is 15.8 Å². The molecule has 154 valence electrons. The number of nitrogens with zero attached hydrogens (tertiary/aromatic N) is 3. The summed E-state index contributed by atoms with van der Waals surface area (Å²) in [5.41, 5.74) is 1.56. The first kappa shape index (κ1) is 21.5. The number of methoxy groups -OCH3 is 1. The van der Waals surface area contributed by atoms with E-state index in [-0.39, 0.29) is 11.5 Å². The van der Waals surface area contributed by atoms with Crippen LogP contribution in [0, 0.1) is 6.92 Å². The lowest BCUT2D eigenvalue weighted by Crippen LogP contribution is -2.29. The third kappa shape index (κ3) is 4.52. The Bertz CT molecular complexity index is 1030. The van der Waals surface area contributed by atoms with Crippen LogP contribution >= 0.6 is 24.0 Å². The molecule has 1 fully saturated rings. The predicted octanol–water partition coefficient (Wildman–Crippen LogP) is 3.06. The molecule has 1 aliphatic heterocycles. The number of thiocarbonyl (C=S) groups is 1. The zero-order valence-corrected chi connectivity index (χ0v) is 18.4. The van der Waals surface area contributed by atoms with E-state index in [0.717, 1.165) is 18.4 Å². The topological polar surface area (TPSA) is 75.9 Å². The molecule has 29 heavy (non-hydrogen) atoms. The van der Waals surface area contributed by atoms with Crippen molar-refractivity contribution in [2.75, 3.05) is 32.1 Å². The fraction of sp³-hybridized carbons (Fsp3) is 0.400. The molecule has 3 heterocycles. The summed E-state index contributed by atoms with van der Waals surface area (Å²) < 4.78 is 7.11. The normalized spacial score (nSPS) is 15.7. The lowest BCUT2D eigenvalue weighted by molar-refractivity contribution is -0.122. The number of ether oxygens (including phenoxy) is 1. The second kappa shape index (κ2) is 9.51. The Labute approximate surface area is 179 Å². The summed E-state index contributed by atoms with van der Waals surface area (Å²) in [4.78, 5) is 32.7. The van der Waals surface area contributed by atoms with Crippen LogP contribution < -0.4 is 10.9 Å². The summed E-state index contributed by atoms with van der Waals surface area (Å²) in [5.74, 6) is 0.269. The number of anilines is 1. The Morgan fingerprint density at radius 2 is 2.17 bits per heavy atom. The number of amides is 1. The Kier molecular flexibility index (Phi) is 7.05. The van der Waals surface area contributed by atoms with Gasteiger partial charge in [-0.3, -0.25) is 18.9 Å². The Hall–Kier alpha value is -2.23. The fourth-order valence-corrected chi connectivity index (χ4v) is 4.28. The van der Waals surface area contributed by atoms with Crippen molar-refractivity contribution in [3.05, 3.63) is 44.7 Å². The highest BCUT2D eigenvalue weighted by Crippen LogP contribution is 2.33. The van der Waals surface area contributed by atoms with Gasteiger partial charge in [-0.25, -0.2) is 4.98 Å². The number of unbranched alkanes of at least 4 members (excludes halogenated alkanes) is 1. The molecule has 0 aromatic carbocycles. The smallest absolute Gasteiger partial charge is 0.267 e. The maximum atomic E-state index is 13.2. The van der Waals surface area contributed by atoms with E-state index in [1.807, 2.05) is 13.0 Å². The third-order valence-corrected chi connectivity index (χ3v) is 5.94. The lowest BCUT2D eigenvalue weighted by Gasteiger charge is -2.13. The van der Waals surface area contributed by atoms with Crippen LogP contribution in [0.15, 0.2) is 28.0 Å². The van der Waals surface area contributed by atoms with Crippen molar-refractivity contribution in [2.24, 2.45) is 0 Å². The zero-order chi connectivity index (χ0) is 21.0. The van der Waals surface area contributed by atoms with Crippen LogP contribution in [0.1, 0.15) is 30.9 Å². The largest absolute Gasteiger partial charge is 0.383 e. The summed E-state index contributed by atoms with van der Waals surface area (Å²) in [6.07, 6.45) is 5.13. The molecule has 0 radical (unpaired) electrons. The van der Waals surface area contributed by atoms with Crippen LogP contribution in [0.25, 0.3) is 11.7 Å². The first-order valence-electron chi connectivity index (χ1n) is 9.48. The van der Waals surface area contributed by atoms with Crippen LogP contribution in [-0.4, -0.2) is 51.3 Å². The minimum absolute atomic E-state index is 0.162.